The minimum Gasteiger partial charge on any atom is -0.493 e. The molecule has 0 saturated carbocycles. The van der Waals surface area contributed by atoms with E-state index >= 15 is 0 Å². The van der Waals surface area contributed by atoms with Crippen LogP contribution in [0.25, 0.3) is 10.9 Å². The standard InChI is InChI=1S/C13H8N6O4/c20-12(10-6-14-3-4-15-10)18-17-11-8-5-7(19(22)23)1-2-9(8)16-13(11)21/h1-6,16,21H. The van der Waals surface area contributed by atoms with E-state index in [1.165, 1.54) is 36.8 Å². The molecule has 0 atom stereocenters. The van der Waals surface area contributed by atoms with Crippen LogP contribution in [-0.2, 0) is 0 Å². The van der Waals surface area contributed by atoms with Gasteiger partial charge in [-0.05, 0) is 6.07 Å². The zero-order chi connectivity index (χ0) is 16.4. The number of nitro benzene ring substituents is 1. The summed E-state index contributed by atoms with van der Waals surface area (Å²) in [5.74, 6) is -1.10. The second-order valence-corrected chi connectivity index (χ2v) is 4.41. The molecule has 2 N–H and O–H groups in total. The SMILES string of the molecule is O=C(N=Nc1c(O)[nH]c2ccc([N+](=O)[O-])cc12)c1cnccn1. The van der Waals surface area contributed by atoms with Crippen molar-refractivity contribution in [3.05, 3.63) is 52.6 Å². The summed E-state index contributed by atoms with van der Waals surface area (Å²) < 4.78 is 0. The number of azo groups is 1. The van der Waals surface area contributed by atoms with Crippen LogP contribution in [0.4, 0.5) is 11.4 Å². The molecule has 2 aromatic heterocycles. The predicted octanol–water partition coefficient (Wildman–Crippen LogP) is 2.50. The van der Waals surface area contributed by atoms with Crippen LogP contribution in [0.15, 0.2) is 47.0 Å². The van der Waals surface area contributed by atoms with E-state index in [1.807, 2.05) is 0 Å². The molecule has 0 aliphatic heterocycles. The van der Waals surface area contributed by atoms with E-state index in [9.17, 15) is 20.0 Å². The van der Waals surface area contributed by atoms with Crippen molar-refractivity contribution in [2.24, 2.45) is 10.2 Å². The Balaban J connectivity index is 2.00. The number of rotatable bonds is 3. The second kappa shape index (κ2) is 5.60. The van der Waals surface area contributed by atoms with Gasteiger partial charge in [-0.15, -0.1) is 10.2 Å². The first-order chi connectivity index (χ1) is 11.1. The molecule has 0 bridgehead atoms. The molecule has 0 fully saturated rings. The molecule has 0 spiro atoms. The molecule has 0 aliphatic carbocycles. The molecule has 0 aliphatic rings. The number of nitrogens with one attached hydrogen (secondary N) is 1. The van der Waals surface area contributed by atoms with Gasteiger partial charge in [0.05, 0.1) is 16.6 Å². The normalized spacial score (nSPS) is 11.1. The van der Waals surface area contributed by atoms with Gasteiger partial charge < -0.3 is 10.1 Å². The molecule has 0 saturated heterocycles. The number of H-pyrrole nitrogens is 1. The van der Waals surface area contributed by atoms with Crippen molar-refractivity contribution >= 4 is 28.2 Å². The van der Waals surface area contributed by atoms with Crippen LogP contribution in [0.1, 0.15) is 10.5 Å². The molecular weight excluding hydrogens is 304 g/mol. The molecule has 23 heavy (non-hydrogen) atoms. The van der Waals surface area contributed by atoms with Crippen molar-refractivity contribution in [2.75, 3.05) is 0 Å². The smallest absolute Gasteiger partial charge is 0.315 e. The van der Waals surface area contributed by atoms with E-state index < -0.39 is 10.8 Å². The van der Waals surface area contributed by atoms with Crippen LogP contribution in [-0.4, -0.2) is 30.9 Å². The molecule has 10 nitrogen and oxygen atoms in total. The zero-order valence-electron chi connectivity index (χ0n) is 11.4. The molecule has 1 aromatic carbocycles. The number of non-ortho nitro benzene ring substituents is 1. The third kappa shape index (κ3) is 2.72. The van der Waals surface area contributed by atoms with Gasteiger partial charge in [0, 0.05) is 29.9 Å². The first kappa shape index (κ1) is 14.3. The minimum absolute atomic E-state index is 0.0124. The Morgan fingerprint density at radius 1 is 1.35 bits per heavy atom. The number of carbonyl (C=O) groups is 1. The van der Waals surface area contributed by atoms with Crippen LogP contribution < -0.4 is 0 Å². The van der Waals surface area contributed by atoms with Gasteiger partial charge in [-0.1, -0.05) is 0 Å². The topological polar surface area (TPSA) is 147 Å². The summed E-state index contributed by atoms with van der Waals surface area (Å²) >= 11 is 0. The second-order valence-electron chi connectivity index (χ2n) is 4.41. The number of fused-ring (bicyclic) bond motifs is 1. The maximum Gasteiger partial charge on any atom is 0.315 e. The van der Waals surface area contributed by atoms with Gasteiger partial charge in [-0.3, -0.25) is 19.9 Å². The summed E-state index contributed by atoms with van der Waals surface area (Å²) in [6, 6.07) is 3.94. The Kier molecular flexibility index (Phi) is 3.47. The summed E-state index contributed by atoms with van der Waals surface area (Å²) in [5, 5.41) is 28.1. The van der Waals surface area contributed by atoms with E-state index in [2.05, 4.69) is 25.2 Å². The van der Waals surface area contributed by atoms with Crippen molar-refractivity contribution in [1.82, 2.24) is 15.0 Å². The van der Waals surface area contributed by atoms with Gasteiger partial charge >= 0.3 is 5.91 Å². The number of nitrogens with zero attached hydrogens (tertiary/aromatic N) is 5. The fourth-order valence-electron chi connectivity index (χ4n) is 1.92. The molecule has 0 unspecified atom stereocenters. The molecule has 114 valence electrons. The lowest BCUT2D eigenvalue weighted by molar-refractivity contribution is -0.384. The van der Waals surface area contributed by atoms with E-state index in [0.29, 0.717) is 5.52 Å². The number of carbonyl (C=O) groups excluding carboxylic acids is 1. The van der Waals surface area contributed by atoms with E-state index in [1.54, 1.807) is 0 Å². The summed E-state index contributed by atoms with van der Waals surface area (Å²) in [6.07, 6.45) is 3.95. The van der Waals surface area contributed by atoms with E-state index in [-0.39, 0.29) is 28.3 Å². The number of amides is 1. The Morgan fingerprint density at radius 2 is 2.17 bits per heavy atom. The molecule has 3 aromatic rings. The Bertz CT molecular complexity index is 934. The van der Waals surface area contributed by atoms with E-state index in [4.69, 9.17) is 0 Å². The first-order valence-corrected chi connectivity index (χ1v) is 6.27. The van der Waals surface area contributed by atoms with Crippen LogP contribution in [0.3, 0.4) is 0 Å². The number of aromatic amines is 1. The van der Waals surface area contributed by atoms with Crippen molar-refractivity contribution in [3.8, 4) is 5.88 Å². The number of hydrogen-bond donors (Lipinski definition) is 2. The van der Waals surface area contributed by atoms with Crippen molar-refractivity contribution in [3.63, 3.8) is 0 Å². The highest BCUT2D eigenvalue weighted by molar-refractivity contribution is 5.96. The highest BCUT2D eigenvalue weighted by Gasteiger charge is 2.15. The minimum atomic E-state index is -0.753. The fraction of sp³-hybridized carbons (Fsp3) is 0. The number of hydrogen-bond acceptors (Lipinski definition) is 7. The monoisotopic (exact) mass is 312 g/mol. The average Bonchev–Trinajstić information content (AvgIpc) is 2.87. The number of nitro groups is 1. The number of aromatic nitrogens is 3. The van der Waals surface area contributed by atoms with Crippen LogP contribution in [0, 0.1) is 10.1 Å². The summed E-state index contributed by atoms with van der Waals surface area (Å²) in [6.45, 7) is 0. The van der Waals surface area contributed by atoms with Gasteiger partial charge in [0.25, 0.3) is 5.69 Å². The van der Waals surface area contributed by atoms with Gasteiger partial charge in [-0.2, -0.15) is 0 Å². The summed E-state index contributed by atoms with van der Waals surface area (Å²) in [7, 11) is 0. The predicted molar refractivity (Wildman–Crippen MR) is 77.5 cm³/mol. The van der Waals surface area contributed by atoms with Crippen molar-refractivity contribution < 1.29 is 14.8 Å². The zero-order valence-corrected chi connectivity index (χ0v) is 11.4. The molecule has 10 heteroatoms. The van der Waals surface area contributed by atoms with Gasteiger partial charge in [-0.25, -0.2) is 4.98 Å². The van der Waals surface area contributed by atoms with Gasteiger partial charge in [0.1, 0.15) is 5.69 Å². The maximum atomic E-state index is 11.8. The third-order valence-corrected chi connectivity index (χ3v) is 2.97. The number of aromatic hydroxyl groups is 1. The van der Waals surface area contributed by atoms with E-state index in [0.717, 1.165) is 0 Å². The molecular formula is C13H8N6O4. The maximum absolute atomic E-state index is 11.8. The lowest BCUT2D eigenvalue weighted by atomic mass is 10.2. The van der Waals surface area contributed by atoms with Crippen LogP contribution >= 0.6 is 0 Å². The lowest BCUT2D eigenvalue weighted by Crippen LogP contribution is -1.97. The molecule has 0 radical (unpaired) electrons. The number of benzene rings is 1. The van der Waals surface area contributed by atoms with Crippen molar-refractivity contribution in [1.29, 1.82) is 0 Å². The largest absolute Gasteiger partial charge is 0.493 e. The molecule has 2 heterocycles. The fourth-order valence-corrected chi connectivity index (χ4v) is 1.92. The third-order valence-electron chi connectivity index (χ3n) is 2.97. The Labute approximate surface area is 127 Å². The van der Waals surface area contributed by atoms with Crippen LogP contribution in [0.2, 0.25) is 0 Å². The quantitative estimate of drug-likeness (QED) is 0.431. The highest BCUT2D eigenvalue weighted by atomic mass is 16.6. The summed E-state index contributed by atoms with van der Waals surface area (Å²) in [5.41, 5.74) is 0.171. The molecule has 1 amide bonds. The lowest BCUT2D eigenvalue weighted by Gasteiger charge is -1.94. The molecule has 3 rings (SSSR count). The summed E-state index contributed by atoms with van der Waals surface area (Å²) in [4.78, 5) is 32.2. The van der Waals surface area contributed by atoms with Crippen LogP contribution in [0.5, 0.6) is 5.88 Å². The Hall–Kier alpha value is -3.69. The average molecular weight is 312 g/mol. The highest BCUT2D eigenvalue weighted by Crippen LogP contribution is 2.37. The van der Waals surface area contributed by atoms with Gasteiger partial charge in [0.15, 0.2) is 5.69 Å². The first-order valence-electron chi connectivity index (χ1n) is 6.27. The van der Waals surface area contributed by atoms with Gasteiger partial charge in [0.2, 0.25) is 5.88 Å². The Morgan fingerprint density at radius 3 is 2.87 bits per heavy atom. The van der Waals surface area contributed by atoms with Crippen molar-refractivity contribution in [2.45, 2.75) is 0 Å².